The van der Waals surface area contributed by atoms with Crippen LogP contribution in [0.15, 0.2) is 0 Å². The molecule has 0 unspecified atom stereocenters. The van der Waals surface area contributed by atoms with E-state index in [4.69, 9.17) is 9.47 Å². The van der Waals surface area contributed by atoms with Crippen LogP contribution in [0.25, 0.3) is 0 Å². The van der Waals surface area contributed by atoms with Gasteiger partial charge in [-0.15, -0.1) is 0 Å². The molecular formula is C10H19NO3. The lowest BCUT2D eigenvalue weighted by molar-refractivity contribution is 0.144. The van der Waals surface area contributed by atoms with Crippen LogP contribution in [-0.4, -0.2) is 33.0 Å². The van der Waals surface area contributed by atoms with Gasteiger partial charge >= 0.3 is 6.09 Å². The summed E-state index contributed by atoms with van der Waals surface area (Å²) in [6, 6.07) is 0. The van der Waals surface area contributed by atoms with Gasteiger partial charge in [-0.05, 0) is 31.6 Å². The Bertz CT molecular complexity index is 190. The predicted octanol–water partition coefficient (Wildman–Crippen LogP) is 1.55. The van der Waals surface area contributed by atoms with Gasteiger partial charge in [0.15, 0.2) is 0 Å². The molecule has 0 aromatic carbocycles. The Labute approximate surface area is 85.0 Å². The van der Waals surface area contributed by atoms with Crippen LogP contribution in [0.5, 0.6) is 0 Å². The predicted molar refractivity (Wildman–Crippen MR) is 53.2 cm³/mol. The van der Waals surface area contributed by atoms with Crippen LogP contribution >= 0.6 is 0 Å². The zero-order valence-electron chi connectivity index (χ0n) is 8.97. The van der Waals surface area contributed by atoms with Gasteiger partial charge in [0.25, 0.3) is 0 Å². The number of carbonyl (C=O) groups is 1. The van der Waals surface area contributed by atoms with Crippen molar-refractivity contribution in [2.75, 3.05) is 26.9 Å². The summed E-state index contributed by atoms with van der Waals surface area (Å²) in [5.74, 6) is 0. The number of carbonyl (C=O) groups excluding carboxylic acids is 1. The normalized spacial score (nSPS) is 17.6. The van der Waals surface area contributed by atoms with Crippen molar-refractivity contribution in [2.24, 2.45) is 5.41 Å². The maximum atomic E-state index is 11.0. The number of nitrogens with one attached hydrogen (secondary N) is 1. The highest BCUT2D eigenvalue weighted by atomic mass is 16.5. The summed E-state index contributed by atoms with van der Waals surface area (Å²) in [6.07, 6.45) is 3.08. The third kappa shape index (κ3) is 3.54. The molecule has 1 fully saturated rings. The standard InChI is InChI=1S/C10H19NO3/c1-3-14-9(12)11-8-10(4-5-10)6-7-13-2/h3-8H2,1-2H3,(H,11,12). The van der Waals surface area contributed by atoms with E-state index < -0.39 is 0 Å². The first-order valence-electron chi connectivity index (χ1n) is 5.12. The minimum absolute atomic E-state index is 0.294. The smallest absolute Gasteiger partial charge is 0.407 e. The molecular weight excluding hydrogens is 182 g/mol. The van der Waals surface area contributed by atoms with Crippen molar-refractivity contribution in [3.05, 3.63) is 0 Å². The average Bonchev–Trinajstić information content (AvgIpc) is 2.93. The van der Waals surface area contributed by atoms with E-state index in [9.17, 15) is 4.79 Å². The first-order valence-corrected chi connectivity index (χ1v) is 5.12. The molecule has 82 valence electrons. The van der Waals surface area contributed by atoms with Crippen molar-refractivity contribution in [1.29, 1.82) is 0 Å². The summed E-state index contributed by atoms with van der Waals surface area (Å²) in [5, 5.41) is 2.78. The van der Waals surface area contributed by atoms with Crippen molar-refractivity contribution in [3.63, 3.8) is 0 Å². The van der Waals surface area contributed by atoms with E-state index in [2.05, 4.69) is 5.32 Å². The van der Waals surface area contributed by atoms with Gasteiger partial charge in [-0.25, -0.2) is 4.79 Å². The molecule has 0 atom stereocenters. The van der Waals surface area contributed by atoms with E-state index in [1.807, 2.05) is 0 Å². The van der Waals surface area contributed by atoms with Gasteiger partial charge in [-0.1, -0.05) is 0 Å². The quantitative estimate of drug-likeness (QED) is 0.709. The fraction of sp³-hybridized carbons (Fsp3) is 0.900. The average molecular weight is 201 g/mol. The Hall–Kier alpha value is -0.770. The third-order valence-corrected chi connectivity index (χ3v) is 2.68. The molecule has 14 heavy (non-hydrogen) atoms. The van der Waals surface area contributed by atoms with Gasteiger partial charge < -0.3 is 14.8 Å². The second-order valence-corrected chi connectivity index (χ2v) is 3.82. The molecule has 1 rings (SSSR count). The SMILES string of the molecule is CCOC(=O)NCC1(CCOC)CC1. The molecule has 1 amide bonds. The first kappa shape index (κ1) is 11.3. The van der Waals surface area contributed by atoms with Crippen LogP contribution < -0.4 is 5.32 Å². The molecule has 1 aliphatic carbocycles. The maximum Gasteiger partial charge on any atom is 0.407 e. The van der Waals surface area contributed by atoms with Crippen LogP contribution in [0.2, 0.25) is 0 Å². The van der Waals surface area contributed by atoms with Crippen LogP contribution in [0.3, 0.4) is 0 Å². The van der Waals surface area contributed by atoms with E-state index in [0.717, 1.165) is 19.6 Å². The van der Waals surface area contributed by atoms with Crippen LogP contribution in [0.1, 0.15) is 26.2 Å². The molecule has 0 radical (unpaired) electrons. The second-order valence-electron chi connectivity index (χ2n) is 3.82. The highest BCUT2D eigenvalue weighted by Crippen LogP contribution is 2.48. The Morgan fingerprint density at radius 3 is 2.71 bits per heavy atom. The molecule has 1 aliphatic rings. The summed E-state index contributed by atoms with van der Waals surface area (Å²) in [6.45, 7) is 3.72. The minimum Gasteiger partial charge on any atom is -0.450 e. The van der Waals surface area contributed by atoms with E-state index in [1.54, 1.807) is 14.0 Å². The number of amides is 1. The van der Waals surface area contributed by atoms with E-state index >= 15 is 0 Å². The number of hydrogen-bond acceptors (Lipinski definition) is 3. The lowest BCUT2D eigenvalue weighted by atomic mass is 10.0. The monoisotopic (exact) mass is 201 g/mol. The second kappa shape index (κ2) is 5.20. The Kier molecular flexibility index (Phi) is 4.20. The molecule has 0 bridgehead atoms. The summed E-state index contributed by atoms with van der Waals surface area (Å²) < 4.78 is 9.82. The van der Waals surface area contributed by atoms with Crippen molar-refractivity contribution >= 4 is 6.09 Å². The zero-order valence-corrected chi connectivity index (χ0v) is 8.97. The summed E-state index contributed by atoms with van der Waals surface area (Å²) in [7, 11) is 1.70. The van der Waals surface area contributed by atoms with Crippen molar-refractivity contribution in [2.45, 2.75) is 26.2 Å². The molecule has 0 saturated heterocycles. The molecule has 1 saturated carbocycles. The van der Waals surface area contributed by atoms with Gasteiger partial charge in [0.2, 0.25) is 0 Å². The number of hydrogen-bond donors (Lipinski definition) is 1. The zero-order chi connectivity index (χ0) is 10.4. The molecule has 0 aromatic rings. The topological polar surface area (TPSA) is 47.6 Å². The van der Waals surface area contributed by atoms with Crippen LogP contribution in [0, 0.1) is 5.41 Å². The Morgan fingerprint density at radius 1 is 1.50 bits per heavy atom. The highest BCUT2D eigenvalue weighted by molar-refractivity contribution is 5.67. The molecule has 4 nitrogen and oxygen atoms in total. The first-order chi connectivity index (χ1) is 6.72. The van der Waals surface area contributed by atoms with E-state index in [1.165, 1.54) is 12.8 Å². The number of rotatable bonds is 6. The summed E-state index contributed by atoms with van der Waals surface area (Å²) in [5.41, 5.74) is 0.294. The van der Waals surface area contributed by atoms with Gasteiger partial charge in [-0.3, -0.25) is 0 Å². The largest absolute Gasteiger partial charge is 0.450 e. The highest BCUT2D eigenvalue weighted by Gasteiger charge is 2.42. The molecule has 0 aromatic heterocycles. The molecule has 0 heterocycles. The number of ether oxygens (including phenoxy) is 2. The molecule has 1 N–H and O–H groups in total. The Morgan fingerprint density at radius 2 is 2.21 bits per heavy atom. The maximum absolute atomic E-state index is 11.0. The van der Waals surface area contributed by atoms with Gasteiger partial charge in [0, 0.05) is 20.3 Å². The van der Waals surface area contributed by atoms with Crippen molar-refractivity contribution in [3.8, 4) is 0 Å². The van der Waals surface area contributed by atoms with Crippen molar-refractivity contribution < 1.29 is 14.3 Å². The van der Waals surface area contributed by atoms with Gasteiger partial charge in [0.05, 0.1) is 6.61 Å². The Balaban J connectivity index is 2.13. The summed E-state index contributed by atoms with van der Waals surface area (Å²) in [4.78, 5) is 11.0. The molecule has 4 heteroatoms. The molecule has 0 spiro atoms. The number of methoxy groups -OCH3 is 1. The fourth-order valence-electron chi connectivity index (χ4n) is 1.45. The van der Waals surface area contributed by atoms with Crippen molar-refractivity contribution in [1.82, 2.24) is 5.32 Å². The fourth-order valence-corrected chi connectivity index (χ4v) is 1.45. The molecule has 0 aliphatic heterocycles. The lowest BCUT2D eigenvalue weighted by Gasteiger charge is -2.14. The van der Waals surface area contributed by atoms with Crippen LogP contribution in [-0.2, 0) is 9.47 Å². The van der Waals surface area contributed by atoms with E-state index in [-0.39, 0.29) is 6.09 Å². The third-order valence-electron chi connectivity index (χ3n) is 2.68. The number of alkyl carbamates (subject to hydrolysis) is 1. The van der Waals surface area contributed by atoms with Gasteiger partial charge in [-0.2, -0.15) is 0 Å². The summed E-state index contributed by atoms with van der Waals surface area (Å²) >= 11 is 0. The van der Waals surface area contributed by atoms with E-state index in [0.29, 0.717) is 12.0 Å². The van der Waals surface area contributed by atoms with Gasteiger partial charge in [0.1, 0.15) is 0 Å². The lowest BCUT2D eigenvalue weighted by Crippen LogP contribution is -2.31. The minimum atomic E-state index is -0.309. The van der Waals surface area contributed by atoms with Crippen LogP contribution in [0.4, 0.5) is 4.79 Å².